The van der Waals surface area contributed by atoms with Crippen LogP contribution in [-0.2, 0) is 4.74 Å². The van der Waals surface area contributed by atoms with Gasteiger partial charge in [-0.2, -0.15) is 0 Å². The molecule has 1 N–H and O–H groups in total. The molecule has 0 aliphatic carbocycles. The first-order valence-corrected chi connectivity index (χ1v) is 13.3. The van der Waals surface area contributed by atoms with E-state index in [9.17, 15) is 4.79 Å². The number of hydrogen-bond acceptors (Lipinski definition) is 5. The topological polar surface area (TPSA) is 68.6 Å². The third-order valence-corrected chi connectivity index (χ3v) is 7.23. The summed E-state index contributed by atoms with van der Waals surface area (Å²) in [6.07, 6.45) is 1.91. The molecule has 4 aromatic rings. The molecule has 2 aromatic carbocycles. The number of aromatic nitrogens is 2. The summed E-state index contributed by atoms with van der Waals surface area (Å²) in [6.45, 7) is 8.23. The molecular formula is C31H32N4O3S. The van der Waals surface area contributed by atoms with Gasteiger partial charge in [-0.05, 0) is 112 Å². The van der Waals surface area contributed by atoms with E-state index < -0.39 is 0 Å². The summed E-state index contributed by atoms with van der Waals surface area (Å²) < 4.78 is 12.9. The molecule has 39 heavy (non-hydrogen) atoms. The molecule has 2 aromatic heterocycles. The van der Waals surface area contributed by atoms with Crippen molar-refractivity contribution in [3.63, 3.8) is 0 Å². The van der Waals surface area contributed by atoms with Crippen molar-refractivity contribution in [3.05, 3.63) is 107 Å². The number of aryl methyl sites for hydroxylation is 1. The third-order valence-electron chi connectivity index (χ3n) is 6.92. The molecule has 1 aliphatic heterocycles. The molecule has 0 bridgehead atoms. The Hall–Kier alpha value is -4.17. The number of nitrogens with one attached hydrogen (secondary N) is 1. The highest BCUT2D eigenvalue weighted by atomic mass is 32.1. The van der Waals surface area contributed by atoms with Gasteiger partial charge in [0.25, 0.3) is 0 Å². The molecule has 0 amide bonds. The SMILES string of the molecule is COC(=O)c1ccc(-n2c(C)cc([C@@H]3[C@@H](c4ccccn4)NC(=S)N3c3ccc(OC(C)C)cc3)c2C)cc1. The summed E-state index contributed by atoms with van der Waals surface area (Å²) in [6, 6.07) is 23.4. The van der Waals surface area contributed by atoms with Crippen LogP contribution in [0.3, 0.4) is 0 Å². The Morgan fingerprint density at radius 1 is 1.00 bits per heavy atom. The fraction of sp³-hybridized carbons (Fsp3) is 0.258. The van der Waals surface area contributed by atoms with Crippen molar-refractivity contribution in [2.75, 3.05) is 12.0 Å². The van der Waals surface area contributed by atoms with Gasteiger partial charge in [-0.3, -0.25) is 4.98 Å². The molecule has 5 rings (SSSR count). The van der Waals surface area contributed by atoms with Crippen molar-refractivity contribution in [1.82, 2.24) is 14.9 Å². The van der Waals surface area contributed by atoms with Crippen LogP contribution in [0.25, 0.3) is 5.69 Å². The van der Waals surface area contributed by atoms with Gasteiger partial charge in [-0.25, -0.2) is 4.79 Å². The van der Waals surface area contributed by atoms with Crippen LogP contribution in [0.5, 0.6) is 5.75 Å². The number of carbonyl (C=O) groups is 1. The van der Waals surface area contributed by atoms with Crippen molar-refractivity contribution in [2.45, 2.75) is 45.9 Å². The lowest BCUT2D eigenvalue weighted by atomic mass is 9.96. The monoisotopic (exact) mass is 540 g/mol. The average Bonchev–Trinajstić information content (AvgIpc) is 3.43. The van der Waals surface area contributed by atoms with Crippen molar-refractivity contribution in [1.29, 1.82) is 0 Å². The number of nitrogens with zero attached hydrogens (tertiary/aromatic N) is 3. The zero-order chi connectivity index (χ0) is 27.7. The normalized spacial score (nSPS) is 16.9. The second-order valence-electron chi connectivity index (χ2n) is 9.86. The molecule has 0 saturated carbocycles. The van der Waals surface area contributed by atoms with Gasteiger partial charge in [0.1, 0.15) is 5.75 Å². The Bertz CT molecular complexity index is 1480. The maximum absolute atomic E-state index is 12.0. The molecule has 1 fully saturated rings. The van der Waals surface area contributed by atoms with E-state index in [0.717, 1.165) is 39.8 Å². The minimum Gasteiger partial charge on any atom is -0.491 e. The number of methoxy groups -OCH3 is 1. The number of pyridine rings is 1. The van der Waals surface area contributed by atoms with Crippen LogP contribution in [0.15, 0.2) is 79.0 Å². The Labute approximate surface area is 234 Å². The van der Waals surface area contributed by atoms with E-state index in [4.69, 9.17) is 21.7 Å². The number of carbonyl (C=O) groups excluding carboxylic acids is 1. The molecule has 7 nitrogen and oxygen atoms in total. The molecule has 0 radical (unpaired) electrons. The zero-order valence-electron chi connectivity index (χ0n) is 22.7. The Morgan fingerprint density at radius 3 is 2.31 bits per heavy atom. The Balaban J connectivity index is 1.59. The zero-order valence-corrected chi connectivity index (χ0v) is 23.5. The number of benzene rings is 2. The minimum atomic E-state index is -0.354. The highest BCUT2D eigenvalue weighted by molar-refractivity contribution is 7.80. The lowest BCUT2D eigenvalue weighted by molar-refractivity contribution is 0.0600. The molecule has 1 aliphatic rings. The molecule has 200 valence electrons. The standard InChI is InChI=1S/C31H32N4O3S/c1-19(2)38-25-15-13-24(14-16-25)35-29(28(33-31(35)39)27-8-6-7-17-32-27)26-18-20(3)34(21(26)4)23-11-9-22(10-12-23)30(36)37-5/h6-19,28-29H,1-5H3,(H,33,39)/t28-,29-/m1/s1. The molecule has 1 saturated heterocycles. The number of ether oxygens (including phenoxy) is 2. The molecule has 0 unspecified atom stereocenters. The van der Waals surface area contributed by atoms with Crippen LogP contribution in [0.4, 0.5) is 5.69 Å². The minimum absolute atomic E-state index is 0.0961. The smallest absolute Gasteiger partial charge is 0.337 e. The summed E-state index contributed by atoms with van der Waals surface area (Å²) in [7, 11) is 1.39. The van der Waals surface area contributed by atoms with Gasteiger partial charge in [0.2, 0.25) is 0 Å². The predicted molar refractivity (Wildman–Crippen MR) is 157 cm³/mol. The highest BCUT2D eigenvalue weighted by Gasteiger charge is 2.42. The van der Waals surface area contributed by atoms with Gasteiger partial charge in [0.15, 0.2) is 5.11 Å². The quantitative estimate of drug-likeness (QED) is 0.220. The summed E-state index contributed by atoms with van der Waals surface area (Å²) in [5.74, 6) is 0.464. The second-order valence-corrected chi connectivity index (χ2v) is 10.2. The number of esters is 1. The van der Waals surface area contributed by atoms with E-state index in [1.54, 1.807) is 12.1 Å². The van der Waals surface area contributed by atoms with Crippen LogP contribution in [0, 0.1) is 13.8 Å². The largest absolute Gasteiger partial charge is 0.491 e. The molecule has 3 heterocycles. The number of thiocarbonyl (C=S) groups is 1. The van der Waals surface area contributed by atoms with Crippen LogP contribution < -0.4 is 15.0 Å². The molecule has 8 heteroatoms. The maximum atomic E-state index is 12.0. The van der Waals surface area contributed by atoms with Gasteiger partial charge < -0.3 is 24.3 Å². The van der Waals surface area contributed by atoms with Crippen LogP contribution >= 0.6 is 12.2 Å². The summed E-state index contributed by atoms with van der Waals surface area (Å²) in [5, 5.41) is 4.18. The van der Waals surface area contributed by atoms with E-state index in [-0.39, 0.29) is 24.2 Å². The van der Waals surface area contributed by atoms with Crippen LogP contribution in [0.1, 0.15) is 58.9 Å². The third kappa shape index (κ3) is 5.12. The average molecular weight is 541 g/mol. The van der Waals surface area contributed by atoms with E-state index in [0.29, 0.717) is 10.7 Å². The van der Waals surface area contributed by atoms with E-state index in [2.05, 4.69) is 39.7 Å². The number of hydrogen-bond donors (Lipinski definition) is 1. The first-order valence-electron chi connectivity index (χ1n) is 12.9. The van der Waals surface area contributed by atoms with E-state index in [1.807, 2.05) is 74.6 Å². The van der Waals surface area contributed by atoms with Gasteiger partial charge in [0.05, 0.1) is 36.6 Å². The Kier molecular flexibility index (Phi) is 7.39. The predicted octanol–water partition coefficient (Wildman–Crippen LogP) is 6.24. The molecule has 2 atom stereocenters. The fourth-order valence-electron chi connectivity index (χ4n) is 5.26. The van der Waals surface area contributed by atoms with E-state index in [1.165, 1.54) is 7.11 Å². The van der Waals surface area contributed by atoms with Crippen molar-refractivity contribution in [3.8, 4) is 11.4 Å². The first kappa shape index (κ1) is 26.4. The number of rotatable bonds is 7. The lowest BCUT2D eigenvalue weighted by Gasteiger charge is -2.28. The maximum Gasteiger partial charge on any atom is 0.337 e. The van der Waals surface area contributed by atoms with Gasteiger partial charge >= 0.3 is 5.97 Å². The fourth-order valence-corrected chi connectivity index (χ4v) is 5.60. The Morgan fingerprint density at radius 2 is 1.69 bits per heavy atom. The molecular weight excluding hydrogens is 508 g/mol. The highest BCUT2D eigenvalue weighted by Crippen LogP contribution is 2.44. The van der Waals surface area contributed by atoms with Gasteiger partial charge in [0, 0.05) is 29.0 Å². The van der Waals surface area contributed by atoms with Crippen LogP contribution in [0.2, 0.25) is 0 Å². The first-order chi connectivity index (χ1) is 18.8. The lowest BCUT2D eigenvalue weighted by Crippen LogP contribution is -2.29. The molecule has 0 spiro atoms. The van der Waals surface area contributed by atoms with Crippen molar-refractivity contribution in [2.24, 2.45) is 0 Å². The van der Waals surface area contributed by atoms with Crippen molar-refractivity contribution < 1.29 is 14.3 Å². The van der Waals surface area contributed by atoms with Gasteiger partial charge in [-0.1, -0.05) is 6.07 Å². The number of anilines is 1. The summed E-state index contributed by atoms with van der Waals surface area (Å²) >= 11 is 5.91. The van der Waals surface area contributed by atoms with Crippen molar-refractivity contribution >= 4 is 29.0 Å². The van der Waals surface area contributed by atoms with E-state index >= 15 is 0 Å². The second kappa shape index (κ2) is 10.9. The van der Waals surface area contributed by atoms with Crippen LogP contribution in [-0.4, -0.2) is 33.8 Å². The summed E-state index contributed by atoms with van der Waals surface area (Å²) in [4.78, 5) is 18.8. The van der Waals surface area contributed by atoms with Gasteiger partial charge in [-0.15, -0.1) is 0 Å². The summed E-state index contributed by atoms with van der Waals surface area (Å²) in [5.41, 5.74) is 6.66.